The Hall–Kier alpha value is 3.69. The predicted octanol–water partition coefficient (Wildman–Crippen LogP) is 13.6. The van der Waals surface area contributed by atoms with Crippen molar-refractivity contribution < 1.29 is 117 Å². The van der Waals surface area contributed by atoms with E-state index in [-0.39, 0.29) is 55.2 Å². The molecule has 0 N–H and O–H groups in total. The molecule has 0 aromatic carbocycles. The Labute approximate surface area is 260 Å². The number of halogens is 20. The normalized spacial score (nSPS) is 11.4. The molecule has 0 aliphatic rings. The van der Waals surface area contributed by atoms with Gasteiger partial charge >= 0.3 is 86.9 Å². The van der Waals surface area contributed by atoms with Crippen LogP contribution in [0.25, 0.3) is 0 Å². The maximum atomic E-state index is 11.3. The van der Waals surface area contributed by atoms with Gasteiger partial charge in [0, 0.05) is 33.0 Å². The first-order chi connectivity index (χ1) is 17.8. The van der Waals surface area contributed by atoms with Gasteiger partial charge in [0.15, 0.2) is 0 Å². The zero-order chi connectivity index (χ0) is 33.7. The first-order valence-corrected chi connectivity index (χ1v) is 20.3. The Morgan fingerprint density at radius 1 is 0.214 bits per heavy atom. The SMILES string of the molecule is CN([PH+](F)F)[PH+](F)F.CN([PH+](F)F)[PH+](F)F.CN([PH+](F)F)[PH+](F)F.CN([PH+](F)F)[PH+](F)F.CN([PH+](F)F)[PH+](F)F.[Ni].[Ni]. The summed E-state index contributed by atoms with van der Waals surface area (Å²) in [6, 6.07) is 0. The summed E-state index contributed by atoms with van der Waals surface area (Å²) >= 11 is 0. The van der Waals surface area contributed by atoms with Crippen molar-refractivity contribution in [2.24, 2.45) is 0 Å². The first-order valence-electron chi connectivity index (χ1n) is 8.25. The van der Waals surface area contributed by atoms with Gasteiger partial charge in [-0.3, -0.25) is 0 Å². The van der Waals surface area contributed by atoms with Crippen molar-refractivity contribution in [3.8, 4) is 0 Å². The van der Waals surface area contributed by atoms with Crippen LogP contribution in [0.4, 0.5) is 83.9 Å². The summed E-state index contributed by atoms with van der Waals surface area (Å²) in [4.78, 5) is 0. The van der Waals surface area contributed by atoms with Gasteiger partial charge in [-0.05, 0) is 83.9 Å². The molecule has 0 saturated carbocycles. The van der Waals surface area contributed by atoms with Gasteiger partial charge in [0.25, 0.3) is 0 Å². The average molecular weight is 962 g/mol. The van der Waals surface area contributed by atoms with Crippen LogP contribution in [0.2, 0.25) is 0 Å². The van der Waals surface area contributed by atoms with Crippen LogP contribution >= 0.6 is 86.9 Å². The van der Waals surface area contributed by atoms with Crippen molar-refractivity contribution in [3.05, 3.63) is 0 Å². The Bertz CT molecular complexity index is 411. The van der Waals surface area contributed by atoms with Crippen LogP contribution in [-0.4, -0.2) is 57.4 Å². The van der Waals surface area contributed by atoms with Crippen molar-refractivity contribution in [2.75, 3.05) is 35.2 Å². The monoisotopic (exact) mass is 961 g/mol. The summed E-state index contributed by atoms with van der Waals surface area (Å²) in [6.07, 6.45) is 0. The first kappa shape index (κ1) is 61.0. The zero-order valence-corrected chi connectivity index (χ0v) is 32.4. The van der Waals surface area contributed by atoms with Crippen molar-refractivity contribution in [1.29, 1.82) is 0 Å². The second kappa shape index (κ2) is 36.0. The van der Waals surface area contributed by atoms with E-state index in [1.54, 1.807) is 0 Å². The van der Waals surface area contributed by atoms with E-state index in [1.807, 2.05) is 0 Å². The Morgan fingerprint density at radius 3 is 0.262 bits per heavy atom. The van der Waals surface area contributed by atoms with Gasteiger partial charge < -0.3 is 0 Å². The topological polar surface area (TPSA) is 16.2 Å². The van der Waals surface area contributed by atoms with Crippen LogP contribution < -0.4 is 0 Å². The second-order valence-electron chi connectivity index (χ2n) is 5.20. The molecule has 0 spiro atoms. The fraction of sp³-hybridized carbons (Fsp3) is 1.00. The number of hydrogen-bond donors (Lipinski definition) is 0. The molecule has 0 unspecified atom stereocenters. The molecule has 37 heteroatoms. The van der Waals surface area contributed by atoms with E-state index in [1.165, 1.54) is 0 Å². The maximum absolute atomic E-state index is 11.3. The summed E-state index contributed by atoms with van der Waals surface area (Å²) in [5, 5.41) is 0. The molecule has 0 aliphatic heterocycles. The van der Waals surface area contributed by atoms with Gasteiger partial charge in [0.1, 0.15) is 0 Å². The molecule has 0 saturated heterocycles. The van der Waals surface area contributed by atoms with Gasteiger partial charge in [0.05, 0.1) is 57.4 Å². The summed E-state index contributed by atoms with van der Waals surface area (Å²) in [5.74, 6) is 0. The molecule has 0 heterocycles. The van der Waals surface area contributed by atoms with Crippen LogP contribution in [0.15, 0.2) is 0 Å². The molecule has 0 fully saturated rings. The van der Waals surface area contributed by atoms with Crippen molar-refractivity contribution in [1.82, 2.24) is 22.2 Å². The van der Waals surface area contributed by atoms with Crippen LogP contribution in [0.5, 0.6) is 0 Å². The molecule has 5 nitrogen and oxygen atoms in total. The smallest absolute Gasteiger partial charge is 0.000129 e. The van der Waals surface area contributed by atoms with Gasteiger partial charge in [-0.15, -0.1) is 0 Å². The predicted molar refractivity (Wildman–Crippen MR) is 144 cm³/mol. The molecule has 0 aromatic heterocycles. The zero-order valence-electron chi connectivity index (χ0n) is 20.4. The number of hydrogen-bond acceptors (Lipinski definition) is 5. The standard InChI is InChI=1S/5CH3F4NP2.2Ni/c5*1-6(7(2)3)8(4)5;;/h5*1H3;;/p+10. The largest absolute Gasteiger partial charge is 0.486 e. The molecule has 0 atom stereocenters. The molecule has 0 aromatic rings. The molecule has 0 aliphatic carbocycles. The summed E-state index contributed by atoms with van der Waals surface area (Å²) in [7, 11) is -35.1. The van der Waals surface area contributed by atoms with Gasteiger partial charge in [-0.25, -0.2) is 0 Å². The Morgan fingerprint density at radius 2 is 0.262 bits per heavy atom. The third kappa shape index (κ3) is 41.7. The van der Waals surface area contributed by atoms with E-state index >= 15 is 0 Å². The van der Waals surface area contributed by atoms with Gasteiger partial charge in [0.2, 0.25) is 0 Å². The van der Waals surface area contributed by atoms with E-state index < -0.39 is 86.9 Å². The maximum Gasteiger partial charge on any atom is 0.486 e. The molecule has 42 heavy (non-hydrogen) atoms. The molecule has 0 radical (unpaired) electrons. The van der Waals surface area contributed by atoms with Crippen molar-refractivity contribution >= 4 is 86.9 Å². The minimum absolute atomic E-state index is 0. The molecule has 270 valence electrons. The molecule has 0 amide bonds. The van der Waals surface area contributed by atoms with Crippen molar-refractivity contribution in [2.45, 2.75) is 0 Å². The van der Waals surface area contributed by atoms with E-state index in [0.29, 0.717) is 0 Å². The van der Waals surface area contributed by atoms with E-state index in [9.17, 15) is 83.9 Å². The average Bonchev–Trinajstić information content (AvgIpc) is 2.82. The molecular formula is C5H25F20N5Ni2P10+10. The third-order valence-electron chi connectivity index (χ3n) is 2.54. The molecule has 0 rings (SSSR count). The van der Waals surface area contributed by atoms with E-state index in [4.69, 9.17) is 0 Å². The van der Waals surface area contributed by atoms with Gasteiger partial charge in [-0.1, -0.05) is 0 Å². The van der Waals surface area contributed by atoms with Crippen LogP contribution in [0, 0.1) is 0 Å². The van der Waals surface area contributed by atoms with Crippen LogP contribution in [0.3, 0.4) is 0 Å². The Balaban J connectivity index is -0.0000000721. The van der Waals surface area contributed by atoms with Crippen molar-refractivity contribution in [3.63, 3.8) is 0 Å². The summed E-state index contributed by atoms with van der Waals surface area (Å²) < 4.78 is 224. The van der Waals surface area contributed by atoms with E-state index in [2.05, 4.69) is 0 Å². The second-order valence-corrected chi connectivity index (χ2v) is 19.0. The summed E-state index contributed by atoms with van der Waals surface area (Å²) in [6.45, 7) is 0. The Kier molecular flexibility index (Phi) is 52.2. The van der Waals surface area contributed by atoms with Crippen LogP contribution in [0.1, 0.15) is 0 Å². The minimum Gasteiger partial charge on any atom is -0.000129 e. The third-order valence-corrected chi connectivity index (χ3v) is 12.7. The van der Waals surface area contributed by atoms with Crippen LogP contribution in [-0.2, 0) is 33.0 Å². The minimum atomic E-state index is -3.88. The molecular weight excluding hydrogens is 937 g/mol. The number of rotatable bonds is 10. The number of nitrogens with zero attached hydrogens (tertiary/aromatic N) is 5. The fourth-order valence-electron chi connectivity index (χ4n) is 0.319. The van der Waals surface area contributed by atoms with Gasteiger partial charge in [-0.2, -0.15) is 0 Å². The summed E-state index contributed by atoms with van der Waals surface area (Å²) in [5.41, 5.74) is 0. The van der Waals surface area contributed by atoms with E-state index in [0.717, 1.165) is 35.2 Å². The molecule has 0 bridgehead atoms. The quantitative estimate of drug-likeness (QED) is 0.123. The fourth-order valence-corrected chi connectivity index (χ4v) is 2.87.